The summed E-state index contributed by atoms with van der Waals surface area (Å²) in [5, 5.41) is 0. The van der Waals surface area contributed by atoms with Crippen molar-refractivity contribution < 1.29 is 9.53 Å². The van der Waals surface area contributed by atoms with Gasteiger partial charge in [0.05, 0.1) is 5.56 Å². The highest BCUT2D eigenvalue weighted by Gasteiger charge is 2.22. The average molecular weight is 377 g/mol. The molecule has 1 saturated carbocycles. The van der Waals surface area contributed by atoms with Gasteiger partial charge in [0.1, 0.15) is 5.75 Å². The number of hydrogen-bond donors (Lipinski definition) is 0. The lowest BCUT2D eigenvalue weighted by molar-refractivity contribution is 0.0734. The lowest BCUT2D eigenvalue weighted by Crippen LogP contribution is -2.13. The van der Waals surface area contributed by atoms with Crippen LogP contribution in [0.3, 0.4) is 0 Å². The SMILES string of the molecule is CC/C=C/c1ccc(OC(=O)c2ccc(C3CCC(CCC)CC3)cc2)cc1. The van der Waals surface area contributed by atoms with Crippen LogP contribution in [-0.2, 0) is 0 Å². The molecule has 0 heterocycles. The number of esters is 1. The van der Waals surface area contributed by atoms with E-state index in [0.717, 1.165) is 17.9 Å². The van der Waals surface area contributed by atoms with Crippen LogP contribution in [0.25, 0.3) is 6.08 Å². The third-order valence-electron chi connectivity index (χ3n) is 5.80. The maximum absolute atomic E-state index is 12.4. The molecule has 0 bridgehead atoms. The molecule has 1 aliphatic rings. The van der Waals surface area contributed by atoms with Crippen LogP contribution in [-0.4, -0.2) is 5.97 Å². The number of carbonyl (C=O) groups excluding carboxylic acids is 1. The molecule has 2 heteroatoms. The van der Waals surface area contributed by atoms with E-state index in [9.17, 15) is 4.79 Å². The number of allylic oxidation sites excluding steroid dienone is 1. The number of ether oxygens (including phenoxy) is 1. The fourth-order valence-electron chi connectivity index (χ4n) is 4.15. The van der Waals surface area contributed by atoms with Crippen LogP contribution in [0.1, 0.15) is 86.2 Å². The van der Waals surface area contributed by atoms with Crippen molar-refractivity contribution in [3.05, 3.63) is 71.3 Å². The van der Waals surface area contributed by atoms with Crippen LogP contribution in [0.15, 0.2) is 54.6 Å². The zero-order valence-electron chi connectivity index (χ0n) is 17.2. The first kappa shape index (κ1) is 20.4. The Morgan fingerprint density at radius 2 is 1.64 bits per heavy atom. The standard InChI is InChI=1S/C26H32O2/c1-3-5-7-21-10-18-25(19-11-21)28-26(27)24-16-14-23(15-17-24)22-12-8-20(6-4-2)9-13-22/h5,7,10-11,14-20,22H,3-4,6,8-9,12-13H2,1-2H3/b7-5+. The van der Waals surface area contributed by atoms with E-state index < -0.39 is 0 Å². The van der Waals surface area contributed by atoms with Crippen molar-refractivity contribution in [2.24, 2.45) is 5.92 Å². The Balaban J connectivity index is 1.56. The Labute approximate surface area is 169 Å². The molecule has 0 saturated heterocycles. The Kier molecular flexibility index (Phi) is 7.47. The predicted octanol–water partition coefficient (Wildman–Crippen LogP) is 7.40. The number of benzene rings is 2. The molecule has 2 aromatic rings. The smallest absolute Gasteiger partial charge is 0.343 e. The molecule has 0 atom stereocenters. The van der Waals surface area contributed by atoms with Crippen LogP contribution < -0.4 is 4.74 Å². The first-order chi connectivity index (χ1) is 13.7. The maximum Gasteiger partial charge on any atom is 0.343 e. The van der Waals surface area contributed by atoms with Crippen molar-refractivity contribution in [1.82, 2.24) is 0 Å². The fourth-order valence-corrected chi connectivity index (χ4v) is 4.15. The summed E-state index contributed by atoms with van der Waals surface area (Å²) in [5.41, 5.74) is 3.08. The third kappa shape index (κ3) is 5.58. The summed E-state index contributed by atoms with van der Waals surface area (Å²) in [6, 6.07) is 15.7. The van der Waals surface area contributed by atoms with Crippen molar-refractivity contribution in [1.29, 1.82) is 0 Å². The van der Waals surface area contributed by atoms with Gasteiger partial charge in [-0.15, -0.1) is 0 Å². The van der Waals surface area contributed by atoms with Crippen molar-refractivity contribution in [2.45, 2.75) is 64.7 Å². The van der Waals surface area contributed by atoms with E-state index in [1.807, 2.05) is 36.4 Å². The van der Waals surface area contributed by atoms with Gasteiger partial charge in [-0.3, -0.25) is 0 Å². The molecule has 0 spiro atoms. The average Bonchev–Trinajstić information content (AvgIpc) is 2.74. The molecular weight excluding hydrogens is 344 g/mol. The summed E-state index contributed by atoms with van der Waals surface area (Å²) in [4.78, 5) is 12.4. The first-order valence-electron chi connectivity index (χ1n) is 10.8. The molecule has 2 nitrogen and oxygen atoms in total. The summed E-state index contributed by atoms with van der Waals surface area (Å²) in [6.07, 6.45) is 13.1. The highest BCUT2D eigenvalue weighted by Crippen LogP contribution is 2.37. The minimum absolute atomic E-state index is 0.296. The van der Waals surface area contributed by atoms with Gasteiger partial charge in [0.25, 0.3) is 0 Å². The molecule has 28 heavy (non-hydrogen) atoms. The van der Waals surface area contributed by atoms with E-state index in [2.05, 4.69) is 38.1 Å². The number of carbonyl (C=O) groups is 1. The molecule has 0 amide bonds. The molecule has 1 aliphatic carbocycles. The second-order valence-electron chi connectivity index (χ2n) is 7.90. The van der Waals surface area contributed by atoms with Crippen LogP contribution in [0.4, 0.5) is 0 Å². The van der Waals surface area contributed by atoms with Crippen LogP contribution in [0, 0.1) is 5.92 Å². The minimum Gasteiger partial charge on any atom is -0.423 e. The van der Waals surface area contributed by atoms with E-state index in [1.165, 1.54) is 44.1 Å². The van der Waals surface area contributed by atoms with E-state index in [4.69, 9.17) is 4.74 Å². The highest BCUT2D eigenvalue weighted by molar-refractivity contribution is 5.91. The molecule has 0 aromatic heterocycles. The third-order valence-corrected chi connectivity index (χ3v) is 5.80. The highest BCUT2D eigenvalue weighted by atomic mass is 16.5. The zero-order chi connectivity index (χ0) is 19.8. The van der Waals surface area contributed by atoms with E-state index >= 15 is 0 Å². The quantitative estimate of drug-likeness (QED) is 0.371. The summed E-state index contributed by atoms with van der Waals surface area (Å²) in [5.74, 6) is 1.84. The maximum atomic E-state index is 12.4. The molecule has 0 radical (unpaired) electrons. The van der Waals surface area contributed by atoms with Gasteiger partial charge in [-0.2, -0.15) is 0 Å². The topological polar surface area (TPSA) is 26.3 Å². The monoisotopic (exact) mass is 376 g/mol. The molecule has 3 rings (SSSR count). The Morgan fingerprint density at radius 1 is 0.964 bits per heavy atom. The van der Waals surface area contributed by atoms with Gasteiger partial charge in [-0.25, -0.2) is 4.79 Å². The molecule has 0 N–H and O–H groups in total. The molecule has 148 valence electrons. The van der Waals surface area contributed by atoms with Gasteiger partial charge >= 0.3 is 5.97 Å². The molecule has 2 aromatic carbocycles. The van der Waals surface area contributed by atoms with Crippen molar-refractivity contribution in [2.75, 3.05) is 0 Å². The normalized spacial score (nSPS) is 19.6. The van der Waals surface area contributed by atoms with Gasteiger partial charge in [-0.05, 0) is 79.3 Å². The van der Waals surface area contributed by atoms with Crippen LogP contribution >= 0.6 is 0 Å². The summed E-state index contributed by atoms with van der Waals surface area (Å²) in [7, 11) is 0. The minimum atomic E-state index is -0.296. The second kappa shape index (κ2) is 10.3. The van der Waals surface area contributed by atoms with Gasteiger partial charge in [-0.1, -0.05) is 63.1 Å². The Bertz CT molecular complexity index is 763. The molecule has 0 aliphatic heterocycles. The van der Waals surface area contributed by atoms with Gasteiger partial charge in [0.2, 0.25) is 0 Å². The lowest BCUT2D eigenvalue weighted by atomic mass is 9.77. The van der Waals surface area contributed by atoms with Crippen molar-refractivity contribution in [3.63, 3.8) is 0 Å². The van der Waals surface area contributed by atoms with Crippen LogP contribution in [0.2, 0.25) is 0 Å². The zero-order valence-corrected chi connectivity index (χ0v) is 17.2. The van der Waals surface area contributed by atoms with E-state index in [1.54, 1.807) is 0 Å². The van der Waals surface area contributed by atoms with Gasteiger partial charge in [0.15, 0.2) is 0 Å². The molecular formula is C26H32O2. The fraction of sp³-hybridized carbons (Fsp3) is 0.423. The molecule has 0 unspecified atom stereocenters. The van der Waals surface area contributed by atoms with Crippen molar-refractivity contribution >= 4 is 12.0 Å². The predicted molar refractivity (Wildman–Crippen MR) is 117 cm³/mol. The molecule has 1 fully saturated rings. The van der Waals surface area contributed by atoms with E-state index in [-0.39, 0.29) is 5.97 Å². The van der Waals surface area contributed by atoms with Crippen LogP contribution in [0.5, 0.6) is 5.75 Å². The number of hydrogen-bond acceptors (Lipinski definition) is 2. The van der Waals surface area contributed by atoms with Gasteiger partial charge < -0.3 is 4.74 Å². The summed E-state index contributed by atoms with van der Waals surface area (Å²) in [6.45, 7) is 4.39. The Morgan fingerprint density at radius 3 is 2.25 bits per heavy atom. The summed E-state index contributed by atoms with van der Waals surface area (Å²) < 4.78 is 5.52. The Hall–Kier alpha value is -2.35. The largest absolute Gasteiger partial charge is 0.423 e. The second-order valence-corrected chi connectivity index (χ2v) is 7.90. The van der Waals surface area contributed by atoms with Crippen molar-refractivity contribution in [3.8, 4) is 5.75 Å². The first-order valence-corrected chi connectivity index (χ1v) is 10.8. The van der Waals surface area contributed by atoms with E-state index in [0.29, 0.717) is 17.2 Å². The van der Waals surface area contributed by atoms with Gasteiger partial charge in [0, 0.05) is 0 Å². The summed E-state index contributed by atoms with van der Waals surface area (Å²) >= 11 is 0. The number of rotatable bonds is 7. The lowest BCUT2D eigenvalue weighted by Gasteiger charge is -2.28.